The number of aryl methyl sites for hydroxylation is 1. The summed E-state index contributed by atoms with van der Waals surface area (Å²) >= 11 is 0. The van der Waals surface area contributed by atoms with E-state index < -0.39 is 44.1 Å². The van der Waals surface area contributed by atoms with Crippen LogP contribution in [-0.4, -0.2) is 28.3 Å². The van der Waals surface area contributed by atoms with Crippen LogP contribution in [0, 0.1) is 6.92 Å². The first-order valence-corrected chi connectivity index (χ1v) is 7.85. The number of hydrogen-bond acceptors (Lipinski definition) is 8. The number of ether oxygens (including phenoxy) is 1. The molecule has 23 heavy (non-hydrogen) atoms. The molecule has 1 aliphatic rings. The summed E-state index contributed by atoms with van der Waals surface area (Å²) in [7, 11) is -5.21. The molecular weight excluding hydrogens is 333 g/mol. The molecule has 13 heteroatoms. The molecule has 3 atom stereocenters. The number of phosphoric ester groups is 1. The van der Waals surface area contributed by atoms with Gasteiger partial charge < -0.3 is 23.6 Å². The van der Waals surface area contributed by atoms with Gasteiger partial charge in [0.1, 0.15) is 6.23 Å². The van der Waals surface area contributed by atoms with E-state index in [0.29, 0.717) is 0 Å². The first-order valence-electron chi connectivity index (χ1n) is 6.39. The molecule has 1 fully saturated rings. The van der Waals surface area contributed by atoms with Crippen LogP contribution in [0.5, 0.6) is 0 Å². The summed E-state index contributed by atoms with van der Waals surface area (Å²) in [5.41, 5.74) is 7.51. The van der Waals surface area contributed by atoms with Gasteiger partial charge in [-0.3, -0.25) is 14.3 Å². The predicted octanol–water partition coefficient (Wildman–Crippen LogP) is -1.34. The summed E-state index contributed by atoms with van der Waals surface area (Å²) in [6.45, 7) is 0.849. The van der Waals surface area contributed by atoms with E-state index in [4.69, 9.17) is 10.3 Å². The number of phosphoric acid groups is 1. The molecule has 2 rings (SSSR count). The summed E-state index contributed by atoms with van der Waals surface area (Å²) in [6.07, 6.45) is -0.606. The normalized spacial score (nSPS) is 24.4. The number of nitrogens with one attached hydrogen (secondary N) is 1. The van der Waals surface area contributed by atoms with Gasteiger partial charge in [0.05, 0.1) is 26.6 Å². The lowest BCUT2D eigenvalue weighted by molar-refractivity contribution is -0.343. The molecule has 0 bridgehead atoms. The largest absolute Gasteiger partial charge is 0.790 e. The zero-order valence-electron chi connectivity index (χ0n) is 11.8. The van der Waals surface area contributed by atoms with Crippen molar-refractivity contribution < 1.29 is 23.6 Å². The highest BCUT2D eigenvalue weighted by Gasteiger charge is 2.36. The van der Waals surface area contributed by atoms with Gasteiger partial charge in [-0.25, -0.2) is 4.79 Å². The Bertz CT molecular complexity index is 792. The smallest absolute Gasteiger partial charge is 0.330 e. The molecule has 0 aliphatic carbocycles. The Kier molecular flexibility index (Phi) is 5.05. The van der Waals surface area contributed by atoms with Gasteiger partial charge in [-0.1, -0.05) is 5.11 Å². The molecule has 126 valence electrons. The second-order valence-electron chi connectivity index (χ2n) is 4.86. The quantitative estimate of drug-likeness (QED) is 0.296. The van der Waals surface area contributed by atoms with Crippen LogP contribution in [0.15, 0.2) is 20.9 Å². The molecule has 12 nitrogen and oxygen atoms in total. The highest BCUT2D eigenvalue weighted by Crippen LogP contribution is 2.33. The number of aromatic amines is 1. The maximum atomic E-state index is 11.8. The molecule has 0 spiro atoms. The molecule has 1 aromatic heterocycles. The minimum atomic E-state index is -5.21. The standard InChI is InChI=1S/C10H14N5O7P/c1-5-3-15(10(17)12-9(5)16)8-2-6(13-14-11)7(22-8)4-21-23(18,19)20/h3,6-8H,2,4H2,1H3,(H,12,16,17)(H2,18,19,20)/p-2/t6-,7+,8+/m0/s1. The molecule has 0 unspecified atom stereocenters. The van der Waals surface area contributed by atoms with Crippen molar-refractivity contribution in [2.24, 2.45) is 5.11 Å². The minimum Gasteiger partial charge on any atom is -0.790 e. The molecule has 0 aromatic carbocycles. The summed E-state index contributed by atoms with van der Waals surface area (Å²) in [5.74, 6) is 0. The van der Waals surface area contributed by atoms with Gasteiger partial charge in [-0.2, -0.15) is 0 Å². The third kappa shape index (κ3) is 4.29. The van der Waals surface area contributed by atoms with Crippen LogP contribution >= 0.6 is 7.82 Å². The van der Waals surface area contributed by atoms with Crippen molar-refractivity contribution in [1.82, 2.24) is 9.55 Å². The first kappa shape index (κ1) is 17.4. The Morgan fingerprint density at radius 2 is 2.30 bits per heavy atom. The van der Waals surface area contributed by atoms with Gasteiger partial charge in [0.25, 0.3) is 5.56 Å². The maximum Gasteiger partial charge on any atom is 0.330 e. The topological polar surface area (TPSA) is 185 Å². The fourth-order valence-electron chi connectivity index (χ4n) is 2.19. The van der Waals surface area contributed by atoms with E-state index >= 15 is 0 Å². The molecule has 1 saturated heterocycles. The predicted molar refractivity (Wildman–Crippen MR) is 71.1 cm³/mol. The third-order valence-corrected chi connectivity index (χ3v) is 3.72. The minimum absolute atomic E-state index is 0.0471. The number of nitrogens with zero attached hydrogens (tertiary/aromatic N) is 4. The highest BCUT2D eigenvalue weighted by molar-refractivity contribution is 7.43. The van der Waals surface area contributed by atoms with Crippen molar-refractivity contribution in [2.45, 2.75) is 31.7 Å². The molecule has 0 radical (unpaired) electrons. The van der Waals surface area contributed by atoms with Gasteiger partial charge >= 0.3 is 5.69 Å². The van der Waals surface area contributed by atoms with Crippen LogP contribution in [0.25, 0.3) is 10.4 Å². The SMILES string of the molecule is Cc1cn([C@H]2C[C@H](N=[N+]=[N-])[C@@H](COP(=O)([O-])[O-])O2)c(=O)[nH]c1=O. The zero-order valence-corrected chi connectivity index (χ0v) is 12.7. The molecular formula is C10H12N5O7P-2. The van der Waals surface area contributed by atoms with Crippen molar-refractivity contribution in [2.75, 3.05) is 6.61 Å². The lowest BCUT2D eigenvalue weighted by Crippen LogP contribution is -2.33. The van der Waals surface area contributed by atoms with Crippen molar-refractivity contribution in [3.63, 3.8) is 0 Å². The van der Waals surface area contributed by atoms with Crippen LogP contribution in [-0.2, 0) is 13.8 Å². The van der Waals surface area contributed by atoms with Crippen molar-refractivity contribution >= 4 is 7.82 Å². The fourth-order valence-corrected chi connectivity index (χ4v) is 2.52. The van der Waals surface area contributed by atoms with Gasteiger partial charge in [0.15, 0.2) is 0 Å². The Balaban J connectivity index is 2.24. The summed E-state index contributed by atoms with van der Waals surface area (Å²) < 4.78 is 21.2. The lowest BCUT2D eigenvalue weighted by atomic mass is 10.1. The van der Waals surface area contributed by atoms with Crippen LogP contribution < -0.4 is 21.0 Å². The van der Waals surface area contributed by atoms with E-state index in [1.807, 2.05) is 0 Å². The van der Waals surface area contributed by atoms with Crippen molar-refractivity contribution in [3.8, 4) is 0 Å². The van der Waals surface area contributed by atoms with E-state index in [-0.39, 0.29) is 12.0 Å². The highest BCUT2D eigenvalue weighted by atomic mass is 31.2. The molecule has 1 aliphatic heterocycles. The second kappa shape index (κ2) is 6.67. The zero-order chi connectivity index (χ0) is 17.2. The fraction of sp³-hybridized carbons (Fsp3) is 0.600. The number of azide groups is 1. The summed E-state index contributed by atoms with van der Waals surface area (Å²) in [4.78, 5) is 49.0. The van der Waals surface area contributed by atoms with E-state index in [1.165, 1.54) is 13.1 Å². The number of rotatable bonds is 5. The number of aromatic nitrogens is 2. The monoisotopic (exact) mass is 345 g/mol. The lowest BCUT2D eigenvalue weighted by Gasteiger charge is -2.30. The van der Waals surface area contributed by atoms with Crippen LogP contribution in [0.2, 0.25) is 0 Å². The van der Waals surface area contributed by atoms with E-state index in [0.717, 1.165) is 4.57 Å². The van der Waals surface area contributed by atoms with E-state index in [1.54, 1.807) is 0 Å². The Labute approximate surface area is 128 Å². The number of hydrogen-bond donors (Lipinski definition) is 1. The van der Waals surface area contributed by atoms with Gasteiger partial charge in [0.2, 0.25) is 0 Å². The maximum absolute atomic E-state index is 11.8. The van der Waals surface area contributed by atoms with Gasteiger partial charge in [0, 0.05) is 23.1 Å². The van der Waals surface area contributed by atoms with Gasteiger partial charge in [-0.15, -0.1) is 0 Å². The second-order valence-corrected chi connectivity index (χ2v) is 6.01. The molecule has 1 N–H and O–H groups in total. The van der Waals surface area contributed by atoms with Crippen molar-refractivity contribution in [3.05, 3.63) is 43.0 Å². The van der Waals surface area contributed by atoms with Crippen LogP contribution in [0.3, 0.4) is 0 Å². The average molecular weight is 345 g/mol. The Morgan fingerprint density at radius 3 is 2.91 bits per heavy atom. The Morgan fingerprint density at radius 1 is 1.61 bits per heavy atom. The molecule has 0 amide bonds. The molecule has 2 heterocycles. The van der Waals surface area contributed by atoms with Gasteiger partial charge in [-0.05, 0) is 12.5 Å². The van der Waals surface area contributed by atoms with Crippen molar-refractivity contribution in [1.29, 1.82) is 0 Å². The third-order valence-electron chi connectivity index (χ3n) is 3.26. The van der Waals surface area contributed by atoms with E-state index in [2.05, 4.69) is 19.5 Å². The number of H-pyrrole nitrogens is 1. The summed E-state index contributed by atoms with van der Waals surface area (Å²) in [5, 5.41) is 3.45. The first-order chi connectivity index (χ1) is 10.7. The van der Waals surface area contributed by atoms with Crippen LogP contribution in [0.4, 0.5) is 0 Å². The Hall–Kier alpha value is -1.94. The molecule has 1 aromatic rings. The molecule has 0 saturated carbocycles. The average Bonchev–Trinajstić information content (AvgIpc) is 2.83. The van der Waals surface area contributed by atoms with Crippen LogP contribution in [0.1, 0.15) is 18.2 Å². The summed E-state index contributed by atoms with van der Waals surface area (Å²) in [6, 6.07) is -0.837. The van der Waals surface area contributed by atoms with E-state index in [9.17, 15) is 23.9 Å².